The van der Waals surface area contributed by atoms with Crippen molar-refractivity contribution in [2.45, 2.75) is 97.0 Å². The number of amides is 4. The monoisotopic (exact) mass is 683 g/mol. The van der Waals surface area contributed by atoms with Crippen LogP contribution in [0.4, 0.5) is 0 Å². The summed E-state index contributed by atoms with van der Waals surface area (Å²) in [7, 11) is 0. The first kappa shape index (κ1) is 40.7. The zero-order valence-corrected chi connectivity index (χ0v) is 29.1. The number of rotatable bonds is 21. The average Bonchev–Trinajstić information content (AvgIpc) is 3.06. The number of nitrogens with one attached hydrogen (secondary N) is 4. The number of carboxylic acids is 1. The molecule has 0 radical (unpaired) electrons. The van der Waals surface area contributed by atoms with E-state index in [2.05, 4.69) is 21.3 Å². The summed E-state index contributed by atoms with van der Waals surface area (Å²) in [6.07, 6.45) is -0.858. The van der Waals surface area contributed by atoms with Gasteiger partial charge in [-0.05, 0) is 47.9 Å². The van der Waals surface area contributed by atoms with Gasteiger partial charge in [0.25, 0.3) is 0 Å². The molecule has 4 amide bonds. The molecular weight excluding hydrogens is 630 g/mol. The van der Waals surface area contributed by atoms with Crippen molar-refractivity contribution in [3.05, 3.63) is 65.7 Å². The van der Waals surface area contributed by atoms with Gasteiger partial charge < -0.3 is 42.0 Å². The maximum Gasteiger partial charge on any atom is 0.326 e. The van der Waals surface area contributed by atoms with E-state index in [1.165, 1.54) is 0 Å². The Labute approximate surface area is 288 Å². The lowest BCUT2D eigenvalue weighted by Crippen LogP contribution is -2.56. The molecule has 13 nitrogen and oxygen atoms in total. The number of aliphatic carboxylic acids is 1. The summed E-state index contributed by atoms with van der Waals surface area (Å²) in [5.41, 5.74) is 7.01. The van der Waals surface area contributed by atoms with Crippen LogP contribution in [0.25, 0.3) is 0 Å². The van der Waals surface area contributed by atoms with Crippen molar-refractivity contribution < 1.29 is 38.9 Å². The van der Waals surface area contributed by atoms with Crippen molar-refractivity contribution >= 4 is 29.6 Å². The molecule has 0 aliphatic rings. The van der Waals surface area contributed by atoms with Crippen molar-refractivity contribution in [3.8, 4) is 5.75 Å². The maximum absolute atomic E-state index is 13.8. The van der Waals surface area contributed by atoms with Crippen LogP contribution in [0.1, 0.15) is 65.0 Å². The SMILES string of the molecule is CCC(NC(=O)CC(O)C(Cc1ccccc1)NC(=O)C(NC(=O)Cc1cccc(OCCN)c1)C(C)CC)C(=O)NC(C(=O)O)C(C)C. The second-order valence-corrected chi connectivity index (χ2v) is 12.6. The summed E-state index contributed by atoms with van der Waals surface area (Å²) in [4.78, 5) is 64.3. The third-order valence-corrected chi connectivity index (χ3v) is 8.24. The smallest absolute Gasteiger partial charge is 0.326 e. The van der Waals surface area contributed by atoms with Crippen LogP contribution in [0, 0.1) is 11.8 Å². The first-order valence-electron chi connectivity index (χ1n) is 16.8. The van der Waals surface area contributed by atoms with Gasteiger partial charge in [-0.15, -0.1) is 0 Å². The molecule has 270 valence electrons. The Kier molecular flexibility index (Phi) is 17.3. The first-order chi connectivity index (χ1) is 23.3. The van der Waals surface area contributed by atoms with E-state index in [1.807, 2.05) is 44.2 Å². The van der Waals surface area contributed by atoms with Gasteiger partial charge in [-0.25, -0.2) is 4.79 Å². The number of hydrogen-bond acceptors (Lipinski definition) is 8. The summed E-state index contributed by atoms with van der Waals surface area (Å²) in [5.74, 6) is -3.43. The van der Waals surface area contributed by atoms with Gasteiger partial charge in [0.2, 0.25) is 23.6 Å². The third kappa shape index (κ3) is 13.9. The molecule has 0 saturated heterocycles. The maximum atomic E-state index is 13.8. The summed E-state index contributed by atoms with van der Waals surface area (Å²) in [6.45, 7) is 9.41. The standard InChI is InChI=1S/C36H53N5O8/c1-6-23(5)33(40-30(43)20-25-14-11-15-26(18-25)49-17-16-37)35(46)39-28(19-24-12-9-8-10-13-24)29(42)21-31(44)38-27(7-2)34(45)41-32(22(3)4)36(47)48/h8-15,18,22-23,27-29,32-33,42H,6-7,16-17,19-21,37H2,1-5H3,(H,38,44)(H,39,46)(H,40,43)(H,41,45)(H,47,48). The highest BCUT2D eigenvalue weighted by Gasteiger charge is 2.32. The largest absolute Gasteiger partial charge is 0.492 e. The van der Waals surface area contributed by atoms with Crippen LogP contribution in [-0.2, 0) is 36.8 Å². The Morgan fingerprint density at radius 3 is 2.06 bits per heavy atom. The predicted molar refractivity (Wildman–Crippen MR) is 185 cm³/mol. The van der Waals surface area contributed by atoms with E-state index >= 15 is 0 Å². The molecule has 0 spiro atoms. The Morgan fingerprint density at radius 1 is 0.796 bits per heavy atom. The van der Waals surface area contributed by atoms with Crippen molar-refractivity contribution in [2.24, 2.45) is 17.6 Å². The predicted octanol–water partition coefficient (Wildman–Crippen LogP) is 1.70. The minimum absolute atomic E-state index is 0.00678. The minimum Gasteiger partial charge on any atom is -0.492 e. The van der Waals surface area contributed by atoms with E-state index in [-0.39, 0.29) is 37.0 Å². The van der Waals surface area contributed by atoms with Crippen LogP contribution in [0.2, 0.25) is 0 Å². The third-order valence-electron chi connectivity index (χ3n) is 8.24. The lowest BCUT2D eigenvalue weighted by molar-refractivity contribution is -0.143. The molecule has 0 bridgehead atoms. The number of aliphatic hydroxyl groups excluding tert-OH is 1. The van der Waals surface area contributed by atoms with Gasteiger partial charge in [0.1, 0.15) is 30.5 Å². The molecular formula is C36H53N5O8. The normalized spacial score (nSPS) is 14.8. The molecule has 0 aliphatic heterocycles. The average molecular weight is 684 g/mol. The van der Waals surface area contributed by atoms with E-state index in [4.69, 9.17) is 10.5 Å². The van der Waals surface area contributed by atoms with Gasteiger partial charge in [-0.3, -0.25) is 19.2 Å². The van der Waals surface area contributed by atoms with Crippen LogP contribution < -0.4 is 31.7 Å². The van der Waals surface area contributed by atoms with E-state index in [0.717, 1.165) is 5.56 Å². The quantitative estimate of drug-likeness (QED) is 0.102. The number of ether oxygens (including phenoxy) is 1. The van der Waals surface area contributed by atoms with Crippen molar-refractivity contribution in [1.82, 2.24) is 21.3 Å². The highest BCUT2D eigenvalue weighted by atomic mass is 16.5. The van der Waals surface area contributed by atoms with Gasteiger partial charge in [-0.2, -0.15) is 0 Å². The molecule has 0 saturated carbocycles. The first-order valence-corrected chi connectivity index (χ1v) is 16.8. The van der Waals surface area contributed by atoms with E-state index < -0.39 is 60.4 Å². The highest BCUT2D eigenvalue weighted by molar-refractivity contribution is 5.91. The van der Waals surface area contributed by atoms with Gasteiger partial charge in [-0.1, -0.05) is 83.5 Å². The Morgan fingerprint density at radius 2 is 1.47 bits per heavy atom. The van der Waals surface area contributed by atoms with Crippen molar-refractivity contribution in [3.63, 3.8) is 0 Å². The zero-order chi connectivity index (χ0) is 36.5. The topological polar surface area (TPSA) is 209 Å². The number of hydrogen-bond donors (Lipinski definition) is 7. The van der Waals surface area contributed by atoms with E-state index in [0.29, 0.717) is 30.9 Å². The molecule has 49 heavy (non-hydrogen) atoms. The number of benzene rings is 2. The molecule has 13 heteroatoms. The van der Waals surface area contributed by atoms with Crippen LogP contribution in [-0.4, -0.2) is 83.2 Å². The molecule has 0 aliphatic carbocycles. The number of aliphatic hydroxyl groups is 1. The molecule has 6 unspecified atom stereocenters. The molecule has 2 rings (SSSR count). The summed E-state index contributed by atoms with van der Waals surface area (Å²) >= 11 is 0. The van der Waals surface area contributed by atoms with Crippen LogP contribution in [0.3, 0.4) is 0 Å². The lowest BCUT2D eigenvalue weighted by atomic mass is 9.95. The Hall–Kier alpha value is -4.49. The Balaban J connectivity index is 2.18. The number of nitrogens with two attached hydrogens (primary N) is 1. The fraction of sp³-hybridized carbons (Fsp3) is 0.528. The zero-order valence-electron chi connectivity index (χ0n) is 29.1. The molecule has 2 aromatic rings. The summed E-state index contributed by atoms with van der Waals surface area (Å²) < 4.78 is 5.55. The molecule has 6 atom stereocenters. The molecule has 8 N–H and O–H groups in total. The van der Waals surface area contributed by atoms with Crippen molar-refractivity contribution in [1.29, 1.82) is 0 Å². The fourth-order valence-corrected chi connectivity index (χ4v) is 5.16. The second-order valence-electron chi connectivity index (χ2n) is 12.6. The lowest BCUT2D eigenvalue weighted by Gasteiger charge is -2.29. The summed E-state index contributed by atoms with van der Waals surface area (Å²) in [6, 6.07) is 12.2. The highest BCUT2D eigenvalue weighted by Crippen LogP contribution is 2.16. The number of carboxylic acid groups (broad SMARTS) is 1. The van der Waals surface area contributed by atoms with Crippen LogP contribution in [0.15, 0.2) is 54.6 Å². The fourth-order valence-electron chi connectivity index (χ4n) is 5.16. The van der Waals surface area contributed by atoms with Gasteiger partial charge in [0, 0.05) is 6.54 Å². The van der Waals surface area contributed by atoms with Crippen molar-refractivity contribution in [2.75, 3.05) is 13.2 Å². The summed E-state index contributed by atoms with van der Waals surface area (Å²) in [5, 5.41) is 31.5. The molecule has 2 aromatic carbocycles. The molecule has 0 fully saturated rings. The van der Waals surface area contributed by atoms with E-state index in [9.17, 15) is 34.2 Å². The van der Waals surface area contributed by atoms with Gasteiger partial charge >= 0.3 is 5.97 Å². The molecule has 0 aromatic heterocycles. The minimum atomic E-state index is -1.36. The number of carbonyl (C=O) groups is 5. The van der Waals surface area contributed by atoms with Gasteiger partial charge in [0.05, 0.1) is 25.0 Å². The van der Waals surface area contributed by atoms with Gasteiger partial charge in [0.15, 0.2) is 0 Å². The Bertz CT molecular complexity index is 1370. The van der Waals surface area contributed by atoms with Crippen LogP contribution >= 0.6 is 0 Å². The number of carbonyl (C=O) groups excluding carboxylic acids is 4. The van der Waals surface area contributed by atoms with Crippen LogP contribution in [0.5, 0.6) is 5.75 Å². The second kappa shape index (κ2) is 20.8. The van der Waals surface area contributed by atoms with E-state index in [1.54, 1.807) is 45.0 Å². The molecule has 0 heterocycles.